The van der Waals surface area contributed by atoms with Crippen LogP contribution in [-0.4, -0.2) is 41.7 Å². The number of ether oxygens (including phenoxy) is 1. The number of nitrogens with zero attached hydrogens (tertiary/aromatic N) is 1. The molecule has 1 heterocycles. The van der Waals surface area contributed by atoms with E-state index in [0.29, 0.717) is 0 Å². The maximum absolute atomic E-state index is 13.2. The van der Waals surface area contributed by atoms with Crippen LogP contribution in [0, 0.1) is 5.82 Å². The number of carboxylic acids is 1. The van der Waals surface area contributed by atoms with Crippen LogP contribution in [-0.2, 0) is 9.53 Å². The van der Waals surface area contributed by atoms with Gasteiger partial charge in [-0.05, 0) is 6.07 Å². The Morgan fingerprint density at radius 1 is 1.61 bits per heavy atom. The maximum atomic E-state index is 13.2. The quantitative estimate of drug-likeness (QED) is 0.771. The van der Waals surface area contributed by atoms with Gasteiger partial charge < -0.3 is 15.2 Å². The molecule has 0 radical (unpaired) electrons. The van der Waals surface area contributed by atoms with Crippen LogP contribution in [0.15, 0.2) is 18.5 Å². The van der Waals surface area contributed by atoms with Crippen molar-refractivity contribution < 1.29 is 23.8 Å². The van der Waals surface area contributed by atoms with E-state index < -0.39 is 23.8 Å². The number of rotatable bonds is 6. The predicted molar refractivity (Wildman–Crippen MR) is 59.6 cm³/mol. The summed E-state index contributed by atoms with van der Waals surface area (Å²) in [7, 11) is 1.34. The van der Waals surface area contributed by atoms with Crippen molar-refractivity contribution in [2.75, 3.05) is 13.7 Å². The Labute approximate surface area is 103 Å². The van der Waals surface area contributed by atoms with E-state index in [4.69, 9.17) is 9.84 Å². The van der Waals surface area contributed by atoms with E-state index in [9.17, 15) is 14.0 Å². The predicted octanol–water partition coefficient (Wildman–Crippen LogP) is 0.440. The standard InChI is InChI=1S/C11H13FN2O4/c1-18-7(4-10(15)16)5-14-11(17)8-2-3-13-6-9(8)12/h2-3,6-7H,4-5H2,1H3,(H,14,17)(H,15,16). The molecular formula is C11H13FN2O4. The summed E-state index contributed by atoms with van der Waals surface area (Å²) in [6.07, 6.45) is 1.33. The van der Waals surface area contributed by atoms with Gasteiger partial charge in [0.15, 0.2) is 5.82 Å². The van der Waals surface area contributed by atoms with Gasteiger partial charge in [0.2, 0.25) is 0 Å². The second kappa shape index (κ2) is 6.65. The molecule has 0 saturated carbocycles. The lowest BCUT2D eigenvalue weighted by Crippen LogP contribution is -2.34. The highest BCUT2D eigenvalue weighted by Gasteiger charge is 2.16. The number of carbonyl (C=O) groups excluding carboxylic acids is 1. The second-order valence-corrected chi connectivity index (χ2v) is 3.52. The van der Waals surface area contributed by atoms with Crippen LogP contribution in [0.4, 0.5) is 4.39 Å². The summed E-state index contributed by atoms with van der Waals surface area (Å²) < 4.78 is 18.1. The van der Waals surface area contributed by atoms with E-state index in [1.807, 2.05) is 0 Å². The van der Waals surface area contributed by atoms with E-state index in [2.05, 4.69) is 10.3 Å². The lowest BCUT2D eigenvalue weighted by Gasteiger charge is -2.13. The van der Waals surface area contributed by atoms with Crippen molar-refractivity contribution in [3.05, 3.63) is 29.8 Å². The van der Waals surface area contributed by atoms with Crippen molar-refractivity contribution in [1.82, 2.24) is 10.3 Å². The molecule has 0 bridgehead atoms. The van der Waals surface area contributed by atoms with Gasteiger partial charge in [0.05, 0.1) is 24.3 Å². The first-order valence-corrected chi connectivity index (χ1v) is 5.17. The van der Waals surface area contributed by atoms with Crippen molar-refractivity contribution in [1.29, 1.82) is 0 Å². The third-order valence-electron chi connectivity index (χ3n) is 2.24. The minimum atomic E-state index is -1.04. The summed E-state index contributed by atoms with van der Waals surface area (Å²) in [4.78, 5) is 25.6. The first kappa shape index (κ1) is 14.0. The Bertz CT molecular complexity index is 439. The van der Waals surface area contributed by atoms with Gasteiger partial charge in [-0.1, -0.05) is 0 Å². The molecule has 18 heavy (non-hydrogen) atoms. The minimum Gasteiger partial charge on any atom is -0.481 e. The summed E-state index contributed by atoms with van der Waals surface area (Å²) >= 11 is 0. The van der Waals surface area contributed by atoms with Crippen LogP contribution >= 0.6 is 0 Å². The van der Waals surface area contributed by atoms with Gasteiger partial charge in [0.25, 0.3) is 5.91 Å². The van der Waals surface area contributed by atoms with Crippen LogP contribution in [0.1, 0.15) is 16.8 Å². The minimum absolute atomic E-state index is 0.0105. The van der Waals surface area contributed by atoms with Gasteiger partial charge in [-0.25, -0.2) is 4.39 Å². The number of hydrogen-bond donors (Lipinski definition) is 2. The Morgan fingerprint density at radius 2 is 2.33 bits per heavy atom. The van der Waals surface area contributed by atoms with Crippen LogP contribution < -0.4 is 5.32 Å². The molecule has 0 spiro atoms. The summed E-state index contributed by atoms with van der Waals surface area (Å²) in [6, 6.07) is 1.24. The van der Waals surface area contributed by atoms with Gasteiger partial charge in [0.1, 0.15) is 0 Å². The van der Waals surface area contributed by atoms with E-state index >= 15 is 0 Å². The molecule has 1 aromatic heterocycles. The zero-order chi connectivity index (χ0) is 13.5. The number of carboxylic acid groups (broad SMARTS) is 1. The largest absolute Gasteiger partial charge is 0.481 e. The number of hydrogen-bond acceptors (Lipinski definition) is 4. The van der Waals surface area contributed by atoms with Crippen LogP contribution in [0.25, 0.3) is 0 Å². The molecule has 0 aliphatic carbocycles. The van der Waals surface area contributed by atoms with Crippen LogP contribution in [0.5, 0.6) is 0 Å². The molecule has 1 atom stereocenters. The van der Waals surface area contributed by atoms with E-state index in [0.717, 1.165) is 6.20 Å². The van der Waals surface area contributed by atoms with Crippen LogP contribution in [0.3, 0.4) is 0 Å². The summed E-state index contributed by atoms with van der Waals surface area (Å²) in [5, 5.41) is 11.0. The molecule has 1 amide bonds. The Balaban J connectivity index is 2.55. The third kappa shape index (κ3) is 4.10. The average molecular weight is 256 g/mol. The number of halogens is 1. The smallest absolute Gasteiger partial charge is 0.306 e. The molecule has 2 N–H and O–H groups in total. The maximum Gasteiger partial charge on any atom is 0.306 e. The van der Waals surface area contributed by atoms with Gasteiger partial charge in [-0.2, -0.15) is 0 Å². The number of methoxy groups -OCH3 is 1. The molecule has 0 saturated heterocycles. The number of aliphatic carboxylic acids is 1. The molecule has 1 unspecified atom stereocenters. The molecule has 0 aliphatic rings. The molecular weight excluding hydrogens is 243 g/mol. The molecule has 1 rings (SSSR count). The first-order valence-electron chi connectivity index (χ1n) is 5.17. The van der Waals surface area contributed by atoms with Crippen molar-refractivity contribution in [3.63, 3.8) is 0 Å². The van der Waals surface area contributed by atoms with Crippen LogP contribution in [0.2, 0.25) is 0 Å². The summed E-state index contributed by atoms with van der Waals surface area (Å²) in [6.45, 7) is -0.0105. The lowest BCUT2D eigenvalue weighted by molar-refractivity contribution is -0.139. The topological polar surface area (TPSA) is 88.5 Å². The van der Waals surface area contributed by atoms with Gasteiger partial charge in [-0.3, -0.25) is 14.6 Å². The highest BCUT2D eigenvalue weighted by Crippen LogP contribution is 2.04. The highest BCUT2D eigenvalue weighted by atomic mass is 19.1. The average Bonchev–Trinajstić information content (AvgIpc) is 2.34. The number of amides is 1. The van der Waals surface area contributed by atoms with Gasteiger partial charge in [-0.15, -0.1) is 0 Å². The Hall–Kier alpha value is -2.02. The fourth-order valence-corrected chi connectivity index (χ4v) is 1.29. The first-order chi connectivity index (χ1) is 8.54. The molecule has 0 aliphatic heterocycles. The highest BCUT2D eigenvalue weighted by molar-refractivity contribution is 5.94. The van der Waals surface area contributed by atoms with Crippen molar-refractivity contribution in [3.8, 4) is 0 Å². The fourth-order valence-electron chi connectivity index (χ4n) is 1.29. The summed E-state index contributed by atoms with van der Waals surface area (Å²) in [5.74, 6) is -2.41. The zero-order valence-electron chi connectivity index (χ0n) is 9.72. The number of pyridine rings is 1. The molecule has 98 valence electrons. The van der Waals surface area contributed by atoms with Crippen molar-refractivity contribution >= 4 is 11.9 Å². The molecule has 7 heteroatoms. The second-order valence-electron chi connectivity index (χ2n) is 3.52. The molecule has 1 aromatic rings. The Kier molecular flexibility index (Phi) is 5.19. The van der Waals surface area contributed by atoms with E-state index in [1.54, 1.807) is 0 Å². The van der Waals surface area contributed by atoms with Crippen molar-refractivity contribution in [2.45, 2.75) is 12.5 Å². The SMILES string of the molecule is COC(CNC(=O)c1ccncc1F)CC(=O)O. The lowest BCUT2D eigenvalue weighted by atomic mass is 10.2. The number of aromatic nitrogens is 1. The van der Waals surface area contributed by atoms with E-state index in [-0.39, 0.29) is 18.5 Å². The monoisotopic (exact) mass is 256 g/mol. The van der Waals surface area contributed by atoms with Crippen molar-refractivity contribution in [2.24, 2.45) is 0 Å². The van der Waals surface area contributed by atoms with E-state index in [1.165, 1.54) is 19.4 Å². The third-order valence-corrected chi connectivity index (χ3v) is 2.24. The molecule has 0 aromatic carbocycles. The Morgan fingerprint density at radius 3 is 2.89 bits per heavy atom. The zero-order valence-corrected chi connectivity index (χ0v) is 9.72. The molecule has 0 fully saturated rings. The van der Waals surface area contributed by atoms with Gasteiger partial charge in [0, 0.05) is 19.9 Å². The molecule has 6 nitrogen and oxygen atoms in total. The number of nitrogens with one attached hydrogen (secondary N) is 1. The summed E-state index contributed by atoms with van der Waals surface area (Å²) in [5.41, 5.74) is -0.143. The van der Waals surface area contributed by atoms with Gasteiger partial charge >= 0.3 is 5.97 Å². The fraction of sp³-hybridized carbons (Fsp3) is 0.364. The number of carbonyl (C=O) groups is 2. The normalized spacial score (nSPS) is 11.9.